The summed E-state index contributed by atoms with van der Waals surface area (Å²) in [4.78, 5) is 0. The highest BCUT2D eigenvalue weighted by Gasteiger charge is 2.31. The van der Waals surface area contributed by atoms with Crippen molar-refractivity contribution < 1.29 is 27.0 Å². The fourth-order valence-corrected chi connectivity index (χ4v) is 1.39. The van der Waals surface area contributed by atoms with Crippen LogP contribution in [-0.2, 0) is 0 Å². The van der Waals surface area contributed by atoms with E-state index in [0.29, 0.717) is 4.47 Å². The van der Waals surface area contributed by atoms with E-state index in [1.165, 1.54) is 6.07 Å². The molecule has 0 N–H and O–H groups in total. The van der Waals surface area contributed by atoms with Gasteiger partial charge >= 0.3 is 6.36 Å². The Labute approximate surface area is 104 Å². The van der Waals surface area contributed by atoms with Crippen LogP contribution in [0.4, 0.5) is 17.6 Å². The first-order valence-corrected chi connectivity index (χ1v) is 5.46. The van der Waals surface area contributed by atoms with Crippen LogP contribution in [0, 0.1) is 0 Å². The van der Waals surface area contributed by atoms with Gasteiger partial charge in [-0.2, -0.15) is 0 Å². The number of hydrogen-bond acceptors (Lipinski definition) is 2. The van der Waals surface area contributed by atoms with Crippen molar-refractivity contribution in [2.45, 2.75) is 12.8 Å². The highest BCUT2D eigenvalue weighted by Crippen LogP contribution is 2.32. The van der Waals surface area contributed by atoms with Gasteiger partial charge in [-0.1, -0.05) is 0 Å². The van der Waals surface area contributed by atoms with Crippen molar-refractivity contribution in [1.29, 1.82) is 0 Å². The first-order valence-electron chi connectivity index (χ1n) is 4.66. The van der Waals surface area contributed by atoms with E-state index >= 15 is 0 Å². The van der Waals surface area contributed by atoms with E-state index in [1.807, 2.05) is 0 Å². The first kappa shape index (κ1) is 14.1. The van der Waals surface area contributed by atoms with Gasteiger partial charge in [-0.3, -0.25) is 4.39 Å². The Morgan fingerprint density at radius 2 is 1.94 bits per heavy atom. The molecule has 0 spiro atoms. The molecule has 0 saturated heterocycles. The molecule has 2 nitrogen and oxygen atoms in total. The highest BCUT2D eigenvalue weighted by molar-refractivity contribution is 9.10. The molecular weight excluding hydrogens is 308 g/mol. The molecule has 0 fully saturated rings. The maximum Gasteiger partial charge on any atom is 0.573 e. The van der Waals surface area contributed by atoms with Crippen LogP contribution in [0.3, 0.4) is 0 Å². The van der Waals surface area contributed by atoms with E-state index in [9.17, 15) is 17.6 Å². The highest BCUT2D eigenvalue weighted by atomic mass is 79.9. The van der Waals surface area contributed by atoms with Gasteiger partial charge in [-0.15, -0.1) is 13.2 Å². The minimum Gasteiger partial charge on any atom is -0.492 e. The van der Waals surface area contributed by atoms with Crippen LogP contribution >= 0.6 is 15.9 Å². The Balaban J connectivity index is 2.72. The van der Waals surface area contributed by atoms with Gasteiger partial charge in [0.15, 0.2) is 0 Å². The lowest BCUT2D eigenvalue weighted by Crippen LogP contribution is -2.17. The molecule has 0 amide bonds. The van der Waals surface area contributed by atoms with E-state index in [1.54, 1.807) is 0 Å². The molecule has 0 unspecified atom stereocenters. The predicted octanol–water partition coefficient (Wildman–Crippen LogP) is 4.09. The molecule has 0 heterocycles. The molecular formula is C10H9BrF4O2. The Morgan fingerprint density at radius 3 is 2.53 bits per heavy atom. The Kier molecular flexibility index (Phi) is 5.04. The smallest absolute Gasteiger partial charge is 0.492 e. The van der Waals surface area contributed by atoms with E-state index in [4.69, 9.17) is 4.74 Å². The van der Waals surface area contributed by atoms with Crippen LogP contribution in [0.15, 0.2) is 22.7 Å². The summed E-state index contributed by atoms with van der Waals surface area (Å²) in [5.41, 5.74) is 0. The summed E-state index contributed by atoms with van der Waals surface area (Å²) >= 11 is 3.11. The molecule has 7 heteroatoms. The minimum atomic E-state index is -4.75. The molecule has 1 rings (SSSR count). The molecule has 96 valence electrons. The van der Waals surface area contributed by atoms with E-state index in [-0.39, 0.29) is 24.5 Å². The van der Waals surface area contributed by atoms with Crippen LogP contribution in [0.5, 0.6) is 11.5 Å². The third kappa shape index (κ3) is 5.25. The van der Waals surface area contributed by atoms with E-state index in [2.05, 4.69) is 20.7 Å². The van der Waals surface area contributed by atoms with Crippen molar-refractivity contribution in [2.75, 3.05) is 13.3 Å². The molecule has 0 aliphatic carbocycles. The number of benzene rings is 1. The van der Waals surface area contributed by atoms with E-state index < -0.39 is 13.0 Å². The second-order valence-corrected chi connectivity index (χ2v) is 3.89. The Morgan fingerprint density at radius 1 is 1.24 bits per heavy atom. The van der Waals surface area contributed by atoms with Crippen molar-refractivity contribution in [1.82, 2.24) is 0 Å². The molecule has 0 aliphatic heterocycles. The lowest BCUT2D eigenvalue weighted by Gasteiger charge is -2.12. The number of rotatable bonds is 5. The molecule has 0 aromatic heterocycles. The Bertz CT molecular complexity index is 368. The normalized spacial score (nSPS) is 11.4. The monoisotopic (exact) mass is 316 g/mol. The zero-order valence-corrected chi connectivity index (χ0v) is 10.1. The maximum atomic E-state index is 12.0. The topological polar surface area (TPSA) is 18.5 Å². The van der Waals surface area contributed by atoms with Crippen molar-refractivity contribution >= 4 is 15.9 Å². The van der Waals surface area contributed by atoms with Crippen LogP contribution in [-0.4, -0.2) is 19.6 Å². The molecule has 1 aromatic rings. The van der Waals surface area contributed by atoms with Crippen molar-refractivity contribution in [3.8, 4) is 11.5 Å². The molecule has 0 aliphatic rings. The van der Waals surface area contributed by atoms with Crippen LogP contribution in [0.1, 0.15) is 6.42 Å². The average Bonchev–Trinajstić information content (AvgIpc) is 2.21. The van der Waals surface area contributed by atoms with Gasteiger partial charge in [0.2, 0.25) is 0 Å². The number of alkyl halides is 4. The fourth-order valence-electron chi connectivity index (χ4n) is 1.03. The zero-order chi connectivity index (χ0) is 12.9. The summed E-state index contributed by atoms with van der Waals surface area (Å²) in [6.45, 7) is -0.457. The summed E-state index contributed by atoms with van der Waals surface area (Å²) in [5, 5.41) is 0. The van der Waals surface area contributed by atoms with Crippen molar-refractivity contribution in [3.05, 3.63) is 22.7 Å². The SMILES string of the molecule is FCCCOc1cc(OC(F)(F)F)ccc1Br. The molecule has 0 bridgehead atoms. The van der Waals surface area contributed by atoms with Crippen molar-refractivity contribution in [3.63, 3.8) is 0 Å². The summed E-state index contributed by atoms with van der Waals surface area (Å²) in [7, 11) is 0. The van der Waals surface area contributed by atoms with Gasteiger partial charge in [-0.05, 0) is 28.1 Å². The lowest BCUT2D eigenvalue weighted by molar-refractivity contribution is -0.274. The molecule has 0 radical (unpaired) electrons. The molecule has 0 atom stereocenters. The minimum absolute atomic E-state index is 0.0879. The molecule has 0 saturated carbocycles. The largest absolute Gasteiger partial charge is 0.573 e. The number of halogens is 5. The standard InChI is InChI=1S/C10H9BrF4O2/c11-8-3-2-7(17-10(13,14)15)6-9(8)16-5-1-4-12/h2-3,6H,1,4-5H2. The third-order valence-corrected chi connectivity index (χ3v) is 2.33. The van der Waals surface area contributed by atoms with E-state index in [0.717, 1.165) is 12.1 Å². The van der Waals surface area contributed by atoms with Crippen LogP contribution < -0.4 is 9.47 Å². The summed E-state index contributed by atoms with van der Waals surface area (Å²) in [5.74, 6) is -0.198. The van der Waals surface area contributed by atoms with Gasteiger partial charge in [0, 0.05) is 12.5 Å². The zero-order valence-electron chi connectivity index (χ0n) is 8.56. The van der Waals surface area contributed by atoms with Gasteiger partial charge in [0.25, 0.3) is 0 Å². The fraction of sp³-hybridized carbons (Fsp3) is 0.400. The summed E-state index contributed by atoms with van der Waals surface area (Å²) in [6, 6.07) is 3.61. The molecule has 17 heavy (non-hydrogen) atoms. The second-order valence-electron chi connectivity index (χ2n) is 3.03. The van der Waals surface area contributed by atoms with Crippen LogP contribution in [0.25, 0.3) is 0 Å². The van der Waals surface area contributed by atoms with Crippen molar-refractivity contribution in [2.24, 2.45) is 0 Å². The van der Waals surface area contributed by atoms with Gasteiger partial charge in [0.1, 0.15) is 11.5 Å². The Hall–Kier alpha value is -0.980. The number of ether oxygens (including phenoxy) is 2. The first-order chi connectivity index (χ1) is 7.92. The van der Waals surface area contributed by atoms with Gasteiger partial charge in [-0.25, -0.2) is 0 Å². The average molecular weight is 317 g/mol. The lowest BCUT2D eigenvalue weighted by atomic mass is 10.3. The van der Waals surface area contributed by atoms with Gasteiger partial charge in [0.05, 0.1) is 17.8 Å². The maximum absolute atomic E-state index is 12.0. The molecule has 1 aromatic carbocycles. The van der Waals surface area contributed by atoms with Gasteiger partial charge < -0.3 is 9.47 Å². The number of hydrogen-bond donors (Lipinski definition) is 0. The third-order valence-electron chi connectivity index (χ3n) is 1.67. The predicted molar refractivity (Wildman–Crippen MR) is 56.9 cm³/mol. The quantitative estimate of drug-likeness (QED) is 0.602. The summed E-state index contributed by atoms with van der Waals surface area (Å²) < 4.78 is 57.0. The van der Waals surface area contributed by atoms with Crippen LogP contribution in [0.2, 0.25) is 0 Å². The summed E-state index contributed by atoms with van der Waals surface area (Å²) in [6.07, 6.45) is -4.57. The second kappa shape index (κ2) is 6.09.